The average Bonchev–Trinajstić information content (AvgIpc) is 2.46. The van der Waals surface area contributed by atoms with Crippen molar-refractivity contribution in [3.63, 3.8) is 0 Å². The van der Waals surface area contributed by atoms with Crippen LogP contribution in [-0.4, -0.2) is 24.9 Å². The van der Waals surface area contributed by atoms with Gasteiger partial charge in [-0.2, -0.15) is 0 Å². The molecule has 0 radical (unpaired) electrons. The Morgan fingerprint density at radius 2 is 2.09 bits per heavy atom. The van der Waals surface area contributed by atoms with Crippen LogP contribution in [0.25, 0.3) is 0 Å². The zero-order valence-corrected chi connectivity index (χ0v) is 6.14. The fourth-order valence-corrected chi connectivity index (χ4v) is 1.75. The van der Waals surface area contributed by atoms with Gasteiger partial charge in [-0.25, -0.2) is 0 Å². The van der Waals surface area contributed by atoms with E-state index in [1.54, 1.807) is 0 Å². The molecule has 0 unspecified atom stereocenters. The molecule has 0 aromatic carbocycles. The quantitative estimate of drug-likeness (QED) is 0.471. The Balaban J connectivity index is 2.22. The number of carbonyl (C=O) groups excluding carboxylic acids is 2. The van der Waals surface area contributed by atoms with Gasteiger partial charge < -0.3 is 10.6 Å². The Morgan fingerprint density at radius 1 is 1.27 bits per heavy atom. The zero-order valence-electron chi connectivity index (χ0n) is 6.14. The first-order valence-corrected chi connectivity index (χ1v) is 3.78. The second-order valence-electron chi connectivity index (χ2n) is 3.24. The number of hydrogen-bond donors (Lipinski definition) is 2. The van der Waals surface area contributed by atoms with Crippen LogP contribution >= 0.6 is 0 Å². The van der Waals surface area contributed by atoms with E-state index < -0.39 is 5.41 Å². The predicted octanol–water partition coefficient (Wildman–Crippen LogP) is -0.987. The third-order valence-corrected chi connectivity index (χ3v) is 2.49. The van der Waals surface area contributed by atoms with Crippen molar-refractivity contribution in [3.8, 4) is 0 Å². The van der Waals surface area contributed by atoms with E-state index in [-0.39, 0.29) is 11.8 Å². The van der Waals surface area contributed by atoms with Gasteiger partial charge in [0.05, 0.1) is 5.41 Å². The minimum Gasteiger partial charge on any atom is -0.356 e. The van der Waals surface area contributed by atoms with Gasteiger partial charge >= 0.3 is 0 Å². The first-order valence-electron chi connectivity index (χ1n) is 3.78. The van der Waals surface area contributed by atoms with E-state index in [4.69, 9.17) is 0 Å². The molecule has 60 valence electrons. The molecule has 0 saturated carbocycles. The SMILES string of the molecule is O=C1C[C@@]2(CCNC2=O)CN1. The molecular weight excluding hydrogens is 144 g/mol. The highest BCUT2D eigenvalue weighted by Gasteiger charge is 2.47. The van der Waals surface area contributed by atoms with Crippen molar-refractivity contribution in [1.82, 2.24) is 10.6 Å². The Labute approximate surface area is 64.3 Å². The fraction of sp³-hybridized carbons (Fsp3) is 0.714. The molecule has 2 N–H and O–H groups in total. The maximum Gasteiger partial charge on any atom is 0.228 e. The van der Waals surface area contributed by atoms with Gasteiger partial charge in [-0.05, 0) is 6.42 Å². The molecule has 0 aliphatic carbocycles. The van der Waals surface area contributed by atoms with Gasteiger partial charge in [0.25, 0.3) is 0 Å². The molecular formula is C7H10N2O2. The van der Waals surface area contributed by atoms with Gasteiger partial charge in [-0.15, -0.1) is 0 Å². The predicted molar refractivity (Wildman–Crippen MR) is 37.7 cm³/mol. The van der Waals surface area contributed by atoms with Crippen molar-refractivity contribution in [2.24, 2.45) is 5.41 Å². The van der Waals surface area contributed by atoms with Crippen LogP contribution in [0.3, 0.4) is 0 Å². The van der Waals surface area contributed by atoms with Crippen LogP contribution in [-0.2, 0) is 9.59 Å². The minimum atomic E-state index is -0.392. The summed E-state index contributed by atoms with van der Waals surface area (Å²) in [6.45, 7) is 1.24. The van der Waals surface area contributed by atoms with Gasteiger partial charge in [0, 0.05) is 19.5 Å². The number of carbonyl (C=O) groups is 2. The largest absolute Gasteiger partial charge is 0.356 e. The molecule has 1 atom stereocenters. The van der Waals surface area contributed by atoms with Crippen molar-refractivity contribution in [2.45, 2.75) is 12.8 Å². The lowest BCUT2D eigenvalue weighted by atomic mass is 9.86. The first-order chi connectivity index (χ1) is 5.23. The molecule has 2 saturated heterocycles. The zero-order chi connectivity index (χ0) is 7.90. The summed E-state index contributed by atoms with van der Waals surface area (Å²) in [6.07, 6.45) is 1.17. The summed E-state index contributed by atoms with van der Waals surface area (Å²) in [7, 11) is 0. The molecule has 2 aliphatic heterocycles. The molecule has 0 aromatic rings. The molecule has 2 heterocycles. The van der Waals surface area contributed by atoms with Crippen molar-refractivity contribution >= 4 is 11.8 Å². The molecule has 2 aliphatic rings. The Bertz CT molecular complexity index is 226. The second kappa shape index (κ2) is 1.96. The number of rotatable bonds is 0. The van der Waals surface area contributed by atoms with Crippen LogP contribution in [0.5, 0.6) is 0 Å². The van der Waals surface area contributed by atoms with Crippen molar-refractivity contribution in [3.05, 3.63) is 0 Å². The van der Waals surface area contributed by atoms with Crippen molar-refractivity contribution in [2.75, 3.05) is 13.1 Å². The Morgan fingerprint density at radius 3 is 2.55 bits per heavy atom. The van der Waals surface area contributed by atoms with Crippen LogP contribution in [0, 0.1) is 5.41 Å². The summed E-state index contributed by atoms with van der Waals surface area (Å²) < 4.78 is 0. The standard InChI is InChI=1S/C7H10N2O2/c10-5-3-7(4-9-5)1-2-8-6(7)11/h1-4H2,(H,8,11)(H,9,10)/t7-/m0/s1. The van der Waals surface area contributed by atoms with Crippen LogP contribution in [0.1, 0.15) is 12.8 Å². The summed E-state index contributed by atoms with van der Waals surface area (Å²) in [6, 6.07) is 0. The molecule has 0 aromatic heterocycles. The molecule has 0 bridgehead atoms. The fourth-order valence-electron chi connectivity index (χ4n) is 1.75. The van der Waals surface area contributed by atoms with Crippen LogP contribution < -0.4 is 10.6 Å². The molecule has 2 amide bonds. The van der Waals surface area contributed by atoms with Gasteiger partial charge in [-0.1, -0.05) is 0 Å². The van der Waals surface area contributed by atoms with E-state index in [9.17, 15) is 9.59 Å². The Kier molecular flexibility index (Phi) is 1.19. The molecule has 4 heteroatoms. The third-order valence-electron chi connectivity index (χ3n) is 2.49. The lowest BCUT2D eigenvalue weighted by Crippen LogP contribution is -2.32. The maximum atomic E-state index is 11.2. The number of amides is 2. The Hall–Kier alpha value is -1.06. The van der Waals surface area contributed by atoms with Crippen molar-refractivity contribution in [1.29, 1.82) is 0 Å². The summed E-state index contributed by atoms with van der Waals surface area (Å²) >= 11 is 0. The summed E-state index contributed by atoms with van der Waals surface area (Å²) in [5, 5.41) is 5.42. The molecule has 4 nitrogen and oxygen atoms in total. The normalized spacial score (nSPS) is 36.0. The van der Waals surface area contributed by atoms with E-state index in [1.807, 2.05) is 0 Å². The average molecular weight is 154 g/mol. The van der Waals surface area contributed by atoms with Crippen LogP contribution in [0.15, 0.2) is 0 Å². The summed E-state index contributed by atoms with van der Waals surface area (Å²) in [4.78, 5) is 22.1. The van der Waals surface area contributed by atoms with Crippen molar-refractivity contribution < 1.29 is 9.59 Å². The molecule has 2 fully saturated rings. The smallest absolute Gasteiger partial charge is 0.228 e. The van der Waals surface area contributed by atoms with E-state index in [2.05, 4.69) is 10.6 Å². The molecule has 2 rings (SSSR count). The topological polar surface area (TPSA) is 58.2 Å². The van der Waals surface area contributed by atoms with E-state index in [0.717, 1.165) is 6.42 Å². The van der Waals surface area contributed by atoms with E-state index in [0.29, 0.717) is 19.5 Å². The van der Waals surface area contributed by atoms with Gasteiger partial charge in [0.15, 0.2) is 0 Å². The van der Waals surface area contributed by atoms with Gasteiger partial charge in [0.2, 0.25) is 11.8 Å². The van der Waals surface area contributed by atoms with E-state index >= 15 is 0 Å². The van der Waals surface area contributed by atoms with Gasteiger partial charge in [0.1, 0.15) is 0 Å². The number of nitrogens with one attached hydrogen (secondary N) is 2. The minimum absolute atomic E-state index is 0.00190. The molecule has 1 spiro atoms. The second-order valence-corrected chi connectivity index (χ2v) is 3.24. The lowest BCUT2D eigenvalue weighted by molar-refractivity contribution is -0.128. The summed E-state index contributed by atoms with van der Waals surface area (Å²) in [5.74, 6) is 0.0397. The maximum absolute atomic E-state index is 11.2. The van der Waals surface area contributed by atoms with E-state index in [1.165, 1.54) is 0 Å². The first kappa shape index (κ1) is 6.64. The monoisotopic (exact) mass is 154 g/mol. The van der Waals surface area contributed by atoms with Crippen LogP contribution in [0.2, 0.25) is 0 Å². The highest BCUT2D eigenvalue weighted by molar-refractivity contribution is 5.93. The van der Waals surface area contributed by atoms with Gasteiger partial charge in [-0.3, -0.25) is 9.59 Å². The van der Waals surface area contributed by atoms with Crippen LogP contribution in [0.4, 0.5) is 0 Å². The third kappa shape index (κ3) is 0.818. The highest BCUT2D eigenvalue weighted by atomic mass is 16.2. The number of hydrogen-bond acceptors (Lipinski definition) is 2. The lowest BCUT2D eigenvalue weighted by Gasteiger charge is -2.14. The highest BCUT2D eigenvalue weighted by Crippen LogP contribution is 2.33. The summed E-state index contributed by atoms with van der Waals surface area (Å²) in [5.41, 5.74) is -0.392. The molecule has 11 heavy (non-hydrogen) atoms.